The van der Waals surface area contributed by atoms with Crippen molar-refractivity contribution in [1.29, 1.82) is 5.26 Å². The quantitative estimate of drug-likeness (QED) is 0.916. The molecule has 7 heteroatoms. The van der Waals surface area contributed by atoms with E-state index in [-0.39, 0.29) is 24.9 Å². The molecule has 0 unspecified atom stereocenters. The molecule has 2 rings (SSSR count). The van der Waals surface area contributed by atoms with E-state index >= 15 is 0 Å². The van der Waals surface area contributed by atoms with Gasteiger partial charge in [-0.1, -0.05) is 23.2 Å². The van der Waals surface area contributed by atoms with Gasteiger partial charge in [0, 0.05) is 24.1 Å². The lowest BCUT2D eigenvalue weighted by Gasteiger charge is -2.19. The molecular weight excluding hydrogens is 315 g/mol. The van der Waals surface area contributed by atoms with Crippen LogP contribution in [0.4, 0.5) is 4.79 Å². The minimum atomic E-state index is -1.03. The average Bonchev–Trinajstić information content (AvgIpc) is 2.86. The number of rotatable bonds is 3. The van der Waals surface area contributed by atoms with Crippen LogP contribution >= 0.6 is 23.2 Å². The third-order valence-corrected chi connectivity index (χ3v) is 4.53. The predicted octanol–water partition coefficient (Wildman–Crippen LogP) is 3.75. The normalized spacial score (nSPS) is 21.1. The highest BCUT2D eigenvalue weighted by molar-refractivity contribution is 6.42. The fourth-order valence-corrected chi connectivity index (χ4v) is 3.24. The monoisotopic (exact) mass is 328 g/mol. The molecule has 1 aromatic rings. The fourth-order valence-electron chi connectivity index (χ4n) is 2.77. The van der Waals surface area contributed by atoms with Crippen molar-refractivity contribution in [2.75, 3.05) is 13.7 Å². The highest BCUT2D eigenvalue weighted by Crippen LogP contribution is 2.43. The molecule has 0 bridgehead atoms. The van der Waals surface area contributed by atoms with Crippen LogP contribution in [0.3, 0.4) is 0 Å². The van der Waals surface area contributed by atoms with Crippen LogP contribution in [-0.2, 0) is 0 Å². The molecule has 2 atom stereocenters. The summed E-state index contributed by atoms with van der Waals surface area (Å²) in [4.78, 5) is 12.6. The summed E-state index contributed by atoms with van der Waals surface area (Å²) in [6, 6.07) is 5.05. The zero-order chi connectivity index (χ0) is 15.6. The van der Waals surface area contributed by atoms with Crippen LogP contribution in [-0.4, -0.2) is 35.8 Å². The largest absolute Gasteiger partial charge is 0.496 e. The maximum Gasteiger partial charge on any atom is 0.407 e. The first kappa shape index (κ1) is 15.7. The molecule has 0 aliphatic carbocycles. The zero-order valence-electron chi connectivity index (χ0n) is 11.3. The second-order valence-corrected chi connectivity index (χ2v) is 5.65. The lowest BCUT2D eigenvalue weighted by atomic mass is 9.94. The summed E-state index contributed by atoms with van der Waals surface area (Å²) in [6.07, 6.45) is -0.352. The lowest BCUT2D eigenvalue weighted by Crippen LogP contribution is -2.34. The van der Waals surface area contributed by atoms with Gasteiger partial charge in [0.05, 0.1) is 29.6 Å². The van der Waals surface area contributed by atoms with Crippen LogP contribution in [0, 0.1) is 11.3 Å². The van der Waals surface area contributed by atoms with Gasteiger partial charge in [0.25, 0.3) is 0 Å². The zero-order valence-corrected chi connectivity index (χ0v) is 12.9. The Bertz CT molecular complexity index is 601. The van der Waals surface area contributed by atoms with Crippen LogP contribution in [0.15, 0.2) is 12.1 Å². The van der Waals surface area contributed by atoms with Gasteiger partial charge in [-0.15, -0.1) is 0 Å². The van der Waals surface area contributed by atoms with Crippen LogP contribution in [0.5, 0.6) is 5.75 Å². The number of likely N-dealkylation sites (tertiary alicyclic amines) is 1. The third-order valence-electron chi connectivity index (χ3n) is 3.71. The number of methoxy groups -OCH3 is 1. The van der Waals surface area contributed by atoms with E-state index in [0.717, 1.165) is 0 Å². The number of nitrogens with zero attached hydrogens (tertiary/aromatic N) is 2. The highest BCUT2D eigenvalue weighted by Gasteiger charge is 2.38. The molecule has 1 N–H and O–H groups in total. The first-order chi connectivity index (χ1) is 9.99. The maximum absolute atomic E-state index is 11.3. The van der Waals surface area contributed by atoms with Crippen molar-refractivity contribution in [1.82, 2.24) is 4.90 Å². The van der Waals surface area contributed by atoms with Gasteiger partial charge in [-0.2, -0.15) is 5.26 Å². The van der Waals surface area contributed by atoms with E-state index in [9.17, 15) is 9.90 Å². The Morgan fingerprint density at radius 2 is 2.29 bits per heavy atom. The molecule has 0 radical (unpaired) electrons. The smallest absolute Gasteiger partial charge is 0.407 e. The second kappa shape index (κ2) is 6.42. The maximum atomic E-state index is 11.3. The van der Waals surface area contributed by atoms with Crippen molar-refractivity contribution < 1.29 is 14.6 Å². The summed E-state index contributed by atoms with van der Waals surface area (Å²) in [5.74, 6) is 0.443. The number of hydrogen-bond acceptors (Lipinski definition) is 3. The summed E-state index contributed by atoms with van der Waals surface area (Å²) < 4.78 is 5.31. The van der Waals surface area contributed by atoms with Gasteiger partial charge in [-0.3, -0.25) is 0 Å². The Morgan fingerprint density at radius 3 is 2.86 bits per heavy atom. The van der Waals surface area contributed by atoms with E-state index in [0.29, 0.717) is 27.8 Å². The number of ether oxygens (including phenoxy) is 1. The van der Waals surface area contributed by atoms with Gasteiger partial charge in [0.1, 0.15) is 5.75 Å². The summed E-state index contributed by atoms with van der Waals surface area (Å²) in [6.45, 7) is 0.276. The molecule has 1 amide bonds. The summed E-state index contributed by atoms with van der Waals surface area (Å²) in [5.41, 5.74) is 0.707. The van der Waals surface area contributed by atoms with Crippen LogP contribution in [0.1, 0.15) is 24.3 Å². The number of amides is 1. The van der Waals surface area contributed by atoms with E-state index in [4.69, 9.17) is 33.2 Å². The molecule has 5 nitrogen and oxygen atoms in total. The van der Waals surface area contributed by atoms with Crippen molar-refractivity contribution in [3.8, 4) is 11.8 Å². The number of halogens is 2. The average molecular weight is 329 g/mol. The molecule has 1 aromatic carbocycles. The molecule has 1 aliphatic rings. The Labute approximate surface area is 132 Å². The Morgan fingerprint density at radius 1 is 1.57 bits per heavy atom. The van der Waals surface area contributed by atoms with Crippen molar-refractivity contribution in [3.05, 3.63) is 27.7 Å². The van der Waals surface area contributed by atoms with E-state index < -0.39 is 6.09 Å². The van der Waals surface area contributed by atoms with Crippen molar-refractivity contribution in [3.63, 3.8) is 0 Å². The molecule has 0 aromatic heterocycles. The summed E-state index contributed by atoms with van der Waals surface area (Å²) >= 11 is 12.3. The topological polar surface area (TPSA) is 73.6 Å². The lowest BCUT2D eigenvalue weighted by molar-refractivity contribution is 0.140. The Balaban J connectivity index is 2.38. The minimum absolute atomic E-state index is 0.138. The first-order valence-corrected chi connectivity index (χ1v) is 7.13. The van der Waals surface area contributed by atoms with Crippen LogP contribution < -0.4 is 4.74 Å². The molecule has 1 fully saturated rings. The van der Waals surface area contributed by atoms with Gasteiger partial charge in [-0.05, 0) is 18.6 Å². The van der Waals surface area contributed by atoms with E-state index in [1.807, 2.05) is 6.07 Å². The van der Waals surface area contributed by atoms with Gasteiger partial charge in [0.2, 0.25) is 0 Å². The molecule has 21 heavy (non-hydrogen) atoms. The Hall–Kier alpha value is -1.64. The fraction of sp³-hybridized carbons (Fsp3) is 0.429. The summed E-state index contributed by atoms with van der Waals surface area (Å²) in [7, 11) is 1.53. The number of benzene rings is 1. The molecule has 0 spiro atoms. The number of carboxylic acid groups (broad SMARTS) is 1. The standard InChI is InChI=1S/C14H14Cl2N2O3/c1-21-11-3-2-10(15)13(16)12(11)8-6-9(4-5-17)18(7-8)14(19)20/h2-3,8-9H,4,6-7H2,1H3,(H,19,20)/t8-,9+/m0/s1. The van der Waals surface area contributed by atoms with E-state index in [1.165, 1.54) is 12.0 Å². The van der Waals surface area contributed by atoms with Crippen LogP contribution in [0.25, 0.3) is 0 Å². The van der Waals surface area contributed by atoms with Crippen molar-refractivity contribution in [2.45, 2.75) is 24.8 Å². The first-order valence-electron chi connectivity index (χ1n) is 6.38. The number of hydrogen-bond donors (Lipinski definition) is 1. The van der Waals surface area contributed by atoms with Gasteiger partial charge in [-0.25, -0.2) is 4.79 Å². The van der Waals surface area contributed by atoms with E-state index in [1.54, 1.807) is 12.1 Å². The van der Waals surface area contributed by atoms with Gasteiger partial charge >= 0.3 is 6.09 Å². The van der Waals surface area contributed by atoms with Gasteiger partial charge < -0.3 is 14.7 Å². The molecule has 1 aliphatic heterocycles. The molecule has 1 heterocycles. The Kier molecular flexibility index (Phi) is 4.81. The molecule has 1 saturated heterocycles. The minimum Gasteiger partial charge on any atom is -0.496 e. The number of nitriles is 1. The molecule has 0 saturated carbocycles. The highest BCUT2D eigenvalue weighted by atomic mass is 35.5. The predicted molar refractivity (Wildman–Crippen MR) is 79.1 cm³/mol. The van der Waals surface area contributed by atoms with Crippen molar-refractivity contribution in [2.24, 2.45) is 0 Å². The summed E-state index contributed by atoms with van der Waals surface area (Å²) in [5, 5.41) is 18.9. The van der Waals surface area contributed by atoms with Crippen LogP contribution in [0.2, 0.25) is 10.0 Å². The SMILES string of the molecule is COc1ccc(Cl)c(Cl)c1[C@H]1C[C@@H](CC#N)N(C(=O)O)C1. The molecule has 112 valence electrons. The second-order valence-electron chi connectivity index (χ2n) is 4.86. The van der Waals surface area contributed by atoms with E-state index in [2.05, 4.69) is 0 Å². The number of carbonyl (C=O) groups is 1. The van der Waals surface area contributed by atoms with Crippen molar-refractivity contribution >= 4 is 29.3 Å². The van der Waals surface area contributed by atoms with Gasteiger partial charge in [0.15, 0.2) is 0 Å². The third kappa shape index (κ3) is 3.02. The molecular formula is C14H14Cl2N2O3.